The topological polar surface area (TPSA) is 37.4 Å². The number of rotatable bonds is 5. The molecule has 0 aliphatic carbocycles. The van der Waals surface area contributed by atoms with Crippen LogP contribution in [0.15, 0.2) is 60.7 Å². The minimum atomic E-state index is -2.86. The lowest BCUT2D eigenvalue weighted by Gasteiger charge is -2.47. The van der Waals surface area contributed by atoms with Crippen LogP contribution < -0.4 is 0 Å². The van der Waals surface area contributed by atoms with Gasteiger partial charge in [0.25, 0.3) is 0 Å². The van der Waals surface area contributed by atoms with Gasteiger partial charge in [-0.15, -0.1) is 0 Å². The highest BCUT2D eigenvalue weighted by Gasteiger charge is 2.48. The number of hydrogen-bond acceptors (Lipinski definition) is 3. The number of hydrogen-bond donors (Lipinski definition) is 0. The van der Waals surface area contributed by atoms with E-state index in [1.54, 1.807) is 0 Å². The smallest absolute Gasteiger partial charge is 0.153 e. The van der Waals surface area contributed by atoms with Gasteiger partial charge >= 0.3 is 0 Å². The highest BCUT2D eigenvalue weighted by Crippen LogP contribution is 2.32. The van der Waals surface area contributed by atoms with E-state index in [4.69, 9.17) is 0 Å². The van der Waals surface area contributed by atoms with E-state index in [1.807, 2.05) is 36.4 Å². The molecule has 22 heavy (non-hydrogen) atoms. The van der Waals surface area contributed by atoms with Crippen LogP contribution in [0.2, 0.25) is 0 Å². The van der Waals surface area contributed by atoms with Gasteiger partial charge in [-0.05, 0) is 18.1 Å². The summed E-state index contributed by atoms with van der Waals surface area (Å²) in [6.45, 7) is 3.59. The Kier molecular flexibility index (Phi) is 4.06. The molecule has 0 radical (unpaired) electrons. The van der Waals surface area contributed by atoms with Crippen LogP contribution in [-0.4, -0.2) is 30.4 Å². The first-order valence-electron chi connectivity index (χ1n) is 7.50. The second kappa shape index (κ2) is 5.86. The molecule has 1 saturated heterocycles. The Morgan fingerprint density at radius 1 is 0.864 bits per heavy atom. The van der Waals surface area contributed by atoms with E-state index < -0.39 is 9.84 Å². The molecule has 116 valence electrons. The molecule has 3 nitrogen and oxygen atoms in total. The molecule has 2 aromatic rings. The molecule has 0 bridgehead atoms. The second-order valence-corrected chi connectivity index (χ2v) is 8.42. The van der Waals surface area contributed by atoms with Crippen LogP contribution in [-0.2, 0) is 22.9 Å². The van der Waals surface area contributed by atoms with Gasteiger partial charge in [-0.3, -0.25) is 4.90 Å². The van der Waals surface area contributed by atoms with Crippen LogP contribution in [0.4, 0.5) is 0 Å². The zero-order chi connectivity index (χ0) is 15.6. The number of sulfone groups is 1. The maximum absolute atomic E-state index is 11.7. The molecule has 0 amide bonds. The molecule has 1 fully saturated rings. The first-order valence-corrected chi connectivity index (χ1v) is 9.32. The summed E-state index contributed by atoms with van der Waals surface area (Å²) in [5, 5.41) is 0. The summed E-state index contributed by atoms with van der Waals surface area (Å²) >= 11 is 0. The molecule has 1 aliphatic rings. The van der Waals surface area contributed by atoms with Crippen LogP contribution in [0, 0.1) is 0 Å². The van der Waals surface area contributed by atoms with Gasteiger partial charge in [0.1, 0.15) is 0 Å². The van der Waals surface area contributed by atoms with Crippen molar-refractivity contribution in [2.45, 2.75) is 25.6 Å². The second-order valence-electron chi connectivity index (χ2n) is 6.36. The zero-order valence-electron chi connectivity index (χ0n) is 12.8. The predicted octanol–water partition coefficient (Wildman–Crippen LogP) is 2.88. The fraction of sp³-hybridized carbons (Fsp3) is 0.333. The fourth-order valence-corrected chi connectivity index (χ4v) is 5.31. The molecule has 1 heterocycles. The van der Waals surface area contributed by atoms with Crippen molar-refractivity contribution in [2.75, 3.05) is 11.5 Å². The molecule has 0 saturated carbocycles. The fourth-order valence-electron chi connectivity index (χ4n) is 3.13. The quantitative estimate of drug-likeness (QED) is 0.851. The van der Waals surface area contributed by atoms with Crippen molar-refractivity contribution in [1.82, 2.24) is 4.90 Å². The third-order valence-corrected chi connectivity index (χ3v) is 6.38. The number of nitrogens with zero attached hydrogens (tertiary/aromatic N) is 1. The summed E-state index contributed by atoms with van der Waals surface area (Å²) < 4.78 is 23.4. The largest absolute Gasteiger partial charge is 0.287 e. The van der Waals surface area contributed by atoms with E-state index in [0.29, 0.717) is 0 Å². The third-order valence-electron chi connectivity index (χ3n) is 4.26. The number of benzene rings is 2. The summed E-state index contributed by atoms with van der Waals surface area (Å²) in [7, 11) is -2.86. The zero-order valence-corrected chi connectivity index (χ0v) is 13.6. The minimum Gasteiger partial charge on any atom is -0.287 e. The molecular formula is C18H21NO2S. The summed E-state index contributed by atoms with van der Waals surface area (Å²) in [5.41, 5.74) is 2.15. The van der Waals surface area contributed by atoms with Crippen molar-refractivity contribution >= 4 is 9.84 Å². The van der Waals surface area contributed by atoms with Gasteiger partial charge in [0.05, 0.1) is 11.5 Å². The summed E-state index contributed by atoms with van der Waals surface area (Å²) in [4.78, 5) is 2.29. The van der Waals surface area contributed by atoms with E-state index in [9.17, 15) is 8.42 Å². The molecule has 0 aromatic heterocycles. The summed E-state index contributed by atoms with van der Waals surface area (Å²) in [5.74, 6) is 0.499. The Balaban J connectivity index is 1.82. The van der Waals surface area contributed by atoms with E-state index in [0.717, 1.165) is 13.1 Å². The molecule has 1 aliphatic heterocycles. The Morgan fingerprint density at radius 2 is 1.27 bits per heavy atom. The minimum absolute atomic E-state index is 0.250. The van der Waals surface area contributed by atoms with Gasteiger partial charge in [-0.2, -0.15) is 0 Å². The Labute approximate surface area is 132 Å². The van der Waals surface area contributed by atoms with Crippen molar-refractivity contribution in [1.29, 1.82) is 0 Å². The molecule has 3 rings (SSSR count). The van der Waals surface area contributed by atoms with E-state index in [2.05, 4.69) is 36.1 Å². The first kappa shape index (κ1) is 15.3. The van der Waals surface area contributed by atoms with Crippen LogP contribution in [0.3, 0.4) is 0 Å². The van der Waals surface area contributed by atoms with Crippen molar-refractivity contribution in [3.05, 3.63) is 71.8 Å². The molecule has 0 N–H and O–H groups in total. The highest BCUT2D eigenvalue weighted by atomic mass is 32.2. The molecule has 0 unspecified atom stereocenters. The van der Waals surface area contributed by atoms with Crippen molar-refractivity contribution < 1.29 is 8.42 Å². The molecule has 0 spiro atoms. The Bertz CT molecular complexity index is 673. The normalized spacial score (nSPS) is 18.8. The summed E-state index contributed by atoms with van der Waals surface area (Å²) in [6, 6.07) is 20.5. The lowest BCUT2D eigenvalue weighted by molar-refractivity contribution is 0.110. The predicted molar refractivity (Wildman–Crippen MR) is 89.2 cm³/mol. The van der Waals surface area contributed by atoms with Crippen LogP contribution in [0.5, 0.6) is 0 Å². The van der Waals surface area contributed by atoms with Gasteiger partial charge in [0.15, 0.2) is 9.84 Å². The van der Waals surface area contributed by atoms with Gasteiger partial charge < -0.3 is 0 Å². The van der Waals surface area contributed by atoms with Crippen molar-refractivity contribution in [2.24, 2.45) is 0 Å². The lowest BCUT2D eigenvalue weighted by Crippen LogP contribution is -2.62. The summed E-state index contributed by atoms with van der Waals surface area (Å²) in [6.07, 6.45) is 0. The van der Waals surface area contributed by atoms with Gasteiger partial charge in [-0.25, -0.2) is 8.42 Å². The third kappa shape index (κ3) is 3.39. The van der Waals surface area contributed by atoms with Crippen molar-refractivity contribution in [3.8, 4) is 0 Å². The monoisotopic (exact) mass is 315 g/mol. The average molecular weight is 315 g/mol. The van der Waals surface area contributed by atoms with Crippen LogP contribution in [0.25, 0.3) is 0 Å². The van der Waals surface area contributed by atoms with Gasteiger partial charge in [0.2, 0.25) is 0 Å². The van der Waals surface area contributed by atoms with E-state index in [1.165, 1.54) is 11.1 Å². The molecule has 0 atom stereocenters. The van der Waals surface area contributed by atoms with Crippen LogP contribution >= 0.6 is 0 Å². The van der Waals surface area contributed by atoms with E-state index >= 15 is 0 Å². The SMILES string of the molecule is CC1(N(Cc2ccccc2)Cc2ccccc2)CS(=O)(=O)C1. The van der Waals surface area contributed by atoms with Crippen LogP contribution in [0.1, 0.15) is 18.1 Å². The Morgan fingerprint density at radius 3 is 1.64 bits per heavy atom. The molecule has 4 heteroatoms. The molecule has 2 aromatic carbocycles. The highest BCUT2D eigenvalue weighted by molar-refractivity contribution is 7.93. The standard InChI is InChI=1S/C18H21NO2S/c1-18(14-22(20,21)15-18)19(12-16-8-4-2-5-9-16)13-17-10-6-3-7-11-17/h2-11H,12-15H2,1H3. The maximum Gasteiger partial charge on any atom is 0.153 e. The average Bonchev–Trinajstić information content (AvgIpc) is 2.46. The van der Waals surface area contributed by atoms with Crippen molar-refractivity contribution in [3.63, 3.8) is 0 Å². The molecular weight excluding hydrogens is 294 g/mol. The first-order chi connectivity index (χ1) is 10.5. The van der Waals surface area contributed by atoms with Gasteiger partial charge in [0, 0.05) is 18.6 Å². The lowest BCUT2D eigenvalue weighted by atomic mass is 10.0. The van der Waals surface area contributed by atoms with E-state index in [-0.39, 0.29) is 17.0 Å². The Hall–Kier alpha value is -1.65. The van der Waals surface area contributed by atoms with Gasteiger partial charge in [-0.1, -0.05) is 60.7 Å². The maximum atomic E-state index is 11.7.